The summed E-state index contributed by atoms with van der Waals surface area (Å²) >= 11 is 0. The average molecular weight is 521 g/mol. The highest BCUT2D eigenvalue weighted by Gasteiger charge is 2.08. The molecule has 8 heteroatoms. The van der Waals surface area contributed by atoms with Crippen LogP contribution < -0.4 is 0 Å². The molecule has 0 amide bonds. The quantitative estimate of drug-likeness (QED) is 0.255. The van der Waals surface area contributed by atoms with Crippen molar-refractivity contribution in [2.24, 2.45) is 0 Å². The largest absolute Gasteiger partial charge is 0.278 e. The molecule has 8 rings (SSSR count). The summed E-state index contributed by atoms with van der Waals surface area (Å²) < 4.78 is 0. The summed E-state index contributed by atoms with van der Waals surface area (Å²) in [5, 5.41) is 16.1. The highest BCUT2D eigenvalue weighted by molar-refractivity contribution is 5.94. The summed E-state index contributed by atoms with van der Waals surface area (Å²) in [5.74, 6) is 0. The molecule has 0 unspecified atom stereocenters. The number of aromatic amines is 2. The summed E-state index contributed by atoms with van der Waals surface area (Å²) in [6.07, 6.45) is 7.26. The third kappa shape index (κ3) is 4.31. The molecule has 4 aromatic carbocycles. The van der Waals surface area contributed by atoms with Crippen LogP contribution in [0.5, 0.6) is 0 Å². The predicted molar refractivity (Wildman–Crippen MR) is 159 cm³/mol. The maximum Gasteiger partial charge on any atom is 0.0916 e. The molecule has 0 radical (unpaired) electrons. The zero-order valence-electron chi connectivity index (χ0n) is 21.9. The zero-order chi connectivity index (χ0) is 27.1. The van der Waals surface area contributed by atoms with Gasteiger partial charge in [0.05, 0.1) is 69.3 Å². The van der Waals surface area contributed by atoms with Crippen molar-refractivity contribution in [2.45, 2.75) is 13.8 Å². The Morgan fingerprint density at radius 3 is 1.50 bits per heavy atom. The molecule has 0 atom stereocenters. The van der Waals surface area contributed by atoms with Gasteiger partial charge in [0.2, 0.25) is 0 Å². The lowest BCUT2D eigenvalue weighted by Crippen LogP contribution is -1.90. The first-order valence-corrected chi connectivity index (χ1v) is 12.9. The van der Waals surface area contributed by atoms with Gasteiger partial charge in [-0.3, -0.25) is 20.2 Å². The Morgan fingerprint density at radius 1 is 0.500 bits per heavy atom. The Bertz CT molecular complexity index is 2000. The monoisotopic (exact) mass is 520 g/mol. The minimum Gasteiger partial charge on any atom is -0.278 e. The van der Waals surface area contributed by atoms with Crippen LogP contribution in [0.25, 0.3) is 66.4 Å². The number of nitrogens with zero attached hydrogens (tertiary/aromatic N) is 6. The fraction of sp³-hybridized carbons (Fsp3) is 0.0625. The van der Waals surface area contributed by atoms with Crippen LogP contribution in [0.4, 0.5) is 0 Å². The van der Waals surface area contributed by atoms with Gasteiger partial charge >= 0.3 is 0 Å². The summed E-state index contributed by atoms with van der Waals surface area (Å²) in [5.41, 5.74) is 11.9. The third-order valence-electron chi connectivity index (χ3n) is 7.05. The van der Waals surface area contributed by atoms with Crippen LogP contribution >= 0.6 is 0 Å². The molecule has 0 aliphatic heterocycles. The van der Waals surface area contributed by atoms with E-state index in [1.165, 1.54) is 11.1 Å². The second kappa shape index (κ2) is 9.67. The normalized spacial score (nSPS) is 11.2. The van der Waals surface area contributed by atoms with Gasteiger partial charge in [0, 0.05) is 21.9 Å². The Balaban J connectivity index is 0.000000132. The van der Waals surface area contributed by atoms with Crippen LogP contribution in [0.2, 0.25) is 0 Å². The molecule has 0 spiro atoms. The molecule has 0 fully saturated rings. The summed E-state index contributed by atoms with van der Waals surface area (Å²) in [6, 6.07) is 24.4. The fourth-order valence-corrected chi connectivity index (χ4v) is 4.88. The lowest BCUT2D eigenvalue weighted by atomic mass is 10.1. The smallest absolute Gasteiger partial charge is 0.0916 e. The van der Waals surface area contributed by atoms with Gasteiger partial charge < -0.3 is 0 Å². The zero-order valence-corrected chi connectivity index (χ0v) is 21.9. The van der Waals surface area contributed by atoms with E-state index in [0.717, 1.165) is 66.4 Å². The molecular formula is C32H24N8. The number of H-pyrrole nitrogens is 2. The van der Waals surface area contributed by atoms with E-state index >= 15 is 0 Å². The number of aromatic nitrogens is 8. The first-order chi connectivity index (χ1) is 19.6. The van der Waals surface area contributed by atoms with Crippen molar-refractivity contribution in [3.8, 4) is 22.5 Å². The van der Waals surface area contributed by atoms with Crippen LogP contribution in [0.3, 0.4) is 0 Å². The number of benzene rings is 4. The van der Waals surface area contributed by atoms with Crippen LogP contribution in [-0.4, -0.2) is 40.3 Å². The standard InChI is InChI=1S/2C16H12N4/c1-10-4-2-3-5-12(10)16-9-17-14-7-13-11(8-18-20-13)6-15(14)19-16;1-10-4-2-3-5-12(10)16-9-17-14-6-11-8-18-20-13(11)7-15(14)19-16/h2*2-9H,1H3,(H,18,20). The number of fused-ring (bicyclic) bond motifs is 4. The third-order valence-corrected chi connectivity index (χ3v) is 7.05. The molecule has 0 saturated carbocycles. The predicted octanol–water partition coefficient (Wildman–Crippen LogP) is 6.96. The van der Waals surface area contributed by atoms with Crippen molar-refractivity contribution < 1.29 is 0 Å². The van der Waals surface area contributed by atoms with Gasteiger partial charge in [0.25, 0.3) is 0 Å². The molecule has 40 heavy (non-hydrogen) atoms. The summed E-state index contributed by atoms with van der Waals surface area (Å²) in [7, 11) is 0. The number of nitrogens with one attached hydrogen (secondary N) is 2. The van der Waals surface area contributed by atoms with Gasteiger partial charge in [0.1, 0.15) is 0 Å². The number of hydrogen-bond donors (Lipinski definition) is 2. The first kappa shape index (κ1) is 23.6. The van der Waals surface area contributed by atoms with E-state index in [1.54, 1.807) is 12.4 Å². The van der Waals surface area contributed by atoms with Crippen molar-refractivity contribution in [1.29, 1.82) is 0 Å². The number of hydrogen-bond acceptors (Lipinski definition) is 6. The van der Waals surface area contributed by atoms with E-state index in [4.69, 9.17) is 9.97 Å². The van der Waals surface area contributed by atoms with Crippen LogP contribution in [-0.2, 0) is 0 Å². The molecule has 0 bridgehead atoms. The maximum atomic E-state index is 4.73. The van der Waals surface area contributed by atoms with E-state index in [1.807, 2.05) is 60.9 Å². The lowest BCUT2D eigenvalue weighted by Gasteiger charge is -2.05. The van der Waals surface area contributed by atoms with E-state index in [2.05, 4.69) is 68.5 Å². The summed E-state index contributed by atoms with van der Waals surface area (Å²) in [6.45, 7) is 4.17. The fourth-order valence-electron chi connectivity index (χ4n) is 4.88. The van der Waals surface area contributed by atoms with E-state index in [0.29, 0.717) is 0 Å². The minimum absolute atomic E-state index is 0.874. The second-order valence-corrected chi connectivity index (χ2v) is 9.74. The number of aryl methyl sites for hydroxylation is 2. The molecular weight excluding hydrogens is 496 g/mol. The molecule has 192 valence electrons. The van der Waals surface area contributed by atoms with Gasteiger partial charge in [-0.15, -0.1) is 0 Å². The Hall–Kier alpha value is -5.50. The molecule has 0 aliphatic rings. The molecule has 2 N–H and O–H groups in total. The minimum atomic E-state index is 0.874. The van der Waals surface area contributed by atoms with Gasteiger partial charge in [-0.2, -0.15) is 10.2 Å². The SMILES string of the molecule is Cc1ccccc1-c1cnc2cc3[nH]ncc3cc2n1.Cc1ccccc1-c1cnc2cc3cn[nH]c3cc2n1. The first-order valence-electron chi connectivity index (χ1n) is 12.9. The Kier molecular flexibility index (Phi) is 5.70. The lowest BCUT2D eigenvalue weighted by molar-refractivity contribution is 1.12. The van der Waals surface area contributed by atoms with Crippen LogP contribution in [0, 0.1) is 13.8 Å². The second-order valence-electron chi connectivity index (χ2n) is 9.74. The molecule has 8 nitrogen and oxygen atoms in total. The van der Waals surface area contributed by atoms with Crippen LogP contribution in [0.1, 0.15) is 11.1 Å². The average Bonchev–Trinajstić information content (AvgIpc) is 3.64. The van der Waals surface area contributed by atoms with Gasteiger partial charge in [-0.1, -0.05) is 48.5 Å². The van der Waals surface area contributed by atoms with Crippen molar-refractivity contribution in [3.63, 3.8) is 0 Å². The topological polar surface area (TPSA) is 109 Å². The molecule has 4 aromatic heterocycles. The number of rotatable bonds is 2. The van der Waals surface area contributed by atoms with E-state index in [-0.39, 0.29) is 0 Å². The van der Waals surface area contributed by atoms with Crippen LogP contribution in [0.15, 0.2) is 97.6 Å². The van der Waals surface area contributed by atoms with Crippen molar-refractivity contribution in [2.75, 3.05) is 0 Å². The molecule has 8 aromatic rings. The summed E-state index contributed by atoms with van der Waals surface area (Å²) in [4.78, 5) is 18.5. The maximum absolute atomic E-state index is 4.73. The van der Waals surface area contributed by atoms with Gasteiger partial charge in [-0.25, -0.2) is 9.97 Å². The Morgan fingerprint density at radius 2 is 0.950 bits per heavy atom. The molecule has 4 heterocycles. The Labute approximate surface area is 229 Å². The van der Waals surface area contributed by atoms with Gasteiger partial charge in [-0.05, 0) is 49.2 Å². The van der Waals surface area contributed by atoms with Crippen molar-refractivity contribution in [3.05, 3.63) is 109 Å². The highest BCUT2D eigenvalue weighted by atomic mass is 15.1. The van der Waals surface area contributed by atoms with E-state index in [9.17, 15) is 0 Å². The molecule has 0 aliphatic carbocycles. The highest BCUT2D eigenvalue weighted by Crippen LogP contribution is 2.26. The van der Waals surface area contributed by atoms with E-state index < -0.39 is 0 Å². The van der Waals surface area contributed by atoms with Gasteiger partial charge in [0.15, 0.2) is 0 Å². The molecule has 0 saturated heterocycles. The van der Waals surface area contributed by atoms with Crippen molar-refractivity contribution >= 4 is 43.9 Å². The van der Waals surface area contributed by atoms with Crippen molar-refractivity contribution in [1.82, 2.24) is 40.3 Å².